The zero-order valence-electron chi connectivity index (χ0n) is 18.3. The van der Waals surface area contributed by atoms with Crippen LogP contribution in [-0.4, -0.2) is 56.4 Å². The van der Waals surface area contributed by atoms with Gasteiger partial charge < -0.3 is 9.47 Å². The fourth-order valence-corrected chi connectivity index (χ4v) is 4.90. The van der Waals surface area contributed by atoms with Gasteiger partial charge in [-0.05, 0) is 0 Å². The highest BCUT2D eigenvalue weighted by Crippen LogP contribution is 2.27. The van der Waals surface area contributed by atoms with E-state index in [1.54, 1.807) is 9.44 Å². The van der Waals surface area contributed by atoms with Crippen molar-refractivity contribution in [1.82, 2.24) is 9.44 Å². The van der Waals surface area contributed by atoms with Crippen molar-refractivity contribution in [2.45, 2.75) is 9.79 Å². The van der Waals surface area contributed by atoms with Gasteiger partial charge in [-0.1, -0.05) is 0 Å². The Bertz CT molecular complexity index is 1260. The summed E-state index contributed by atoms with van der Waals surface area (Å²) in [7, 11) is -10.4. The molecule has 0 spiro atoms. The lowest BCUT2D eigenvalue weighted by Crippen LogP contribution is -2.31. The number of rotatable bonds is 13. The maximum absolute atomic E-state index is 13.6. The topological polar surface area (TPSA) is 111 Å². The molecule has 2 N–H and O–H groups in total. The SMILES string of the molecule is O=S(=O)(NCCOCCOCCNS(=O)(=O)c1c(F)c(F)c(F)c(F)c1F)c1c(F)c(F)c(F)c(F)c1F. The third kappa shape index (κ3) is 6.72. The Kier molecular flexibility index (Phi) is 10.5. The minimum Gasteiger partial charge on any atom is -0.378 e. The zero-order valence-corrected chi connectivity index (χ0v) is 19.9. The van der Waals surface area contributed by atoms with Crippen molar-refractivity contribution in [2.75, 3.05) is 39.5 Å². The number of hydrogen-bond donors (Lipinski definition) is 2. The lowest BCUT2D eigenvalue weighted by Gasteiger charge is -2.11. The quantitative estimate of drug-likeness (QED) is 0.157. The molecule has 0 saturated heterocycles. The Balaban J connectivity index is 1.76. The monoisotopic (exact) mass is 608 g/mol. The van der Waals surface area contributed by atoms with Gasteiger partial charge in [-0.15, -0.1) is 0 Å². The first-order valence-corrected chi connectivity index (χ1v) is 12.7. The van der Waals surface area contributed by atoms with Crippen molar-refractivity contribution in [3.63, 3.8) is 0 Å². The molecule has 0 unspecified atom stereocenters. The molecule has 2 aromatic rings. The lowest BCUT2D eigenvalue weighted by atomic mass is 10.3. The van der Waals surface area contributed by atoms with Crippen LogP contribution in [0, 0.1) is 58.2 Å². The van der Waals surface area contributed by atoms with E-state index in [1.807, 2.05) is 0 Å². The number of sulfonamides is 2. The van der Waals surface area contributed by atoms with E-state index in [4.69, 9.17) is 9.47 Å². The molecule has 8 nitrogen and oxygen atoms in total. The van der Waals surface area contributed by atoms with E-state index < -0.39 is 114 Å². The van der Waals surface area contributed by atoms with Gasteiger partial charge in [0.25, 0.3) is 0 Å². The van der Waals surface area contributed by atoms with Crippen molar-refractivity contribution in [1.29, 1.82) is 0 Å². The predicted molar refractivity (Wildman–Crippen MR) is 104 cm³/mol. The first-order chi connectivity index (χ1) is 17.6. The minimum absolute atomic E-state index is 0.311. The second-order valence-corrected chi connectivity index (χ2v) is 10.2. The van der Waals surface area contributed by atoms with Crippen LogP contribution in [0.4, 0.5) is 43.9 Å². The summed E-state index contributed by atoms with van der Waals surface area (Å²) in [5.41, 5.74) is 0. The van der Waals surface area contributed by atoms with Crippen molar-refractivity contribution in [2.24, 2.45) is 0 Å². The molecule has 0 radical (unpaired) electrons. The van der Waals surface area contributed by atoms with E-state index >= 15 is 0 Å². The van der Waals surface area contributed by atoms with Gasteiger partial charge in [-0.2, -0.15) is 0 Å². The predicted octanol–water partition coefficient (Wildman–Crippen LogP) is 2.37. The van der Waals surface area contributed by atoms with Gasteiger partial charge in [0, 0.05) is 13.1 Å². The van der Waals surface area contributed by atoms with E-state index in [0.717, 1.165) is 0 Å². The summed E-state index contributed by atoms with van der Waals surface area (Å²) in [5, 5.41) is 0. The fourth-order valence-electron chi connectivity index (χ4n) is 2.60. The summed E-state index contributed by atoms with van der Waals surface area (Å²) >= 11 is 0. The summed E-state index contributed by atoms with van der Waals surface area (Å²) in [6.45, 7) is -2.99. The van der Waals surface area contributed by atoms with Crippen LogP contribution in [0.1, 0.15) is 0 Å². The Morgan fingerprint density at radius 2 is 0.658 bits per heavy atom. The third-order valence-corrected chi connectivity index (χ3v) is 7.29. The number of nitrogens with one attached hydrogen (secondary N) is 2. The van der Waals surface area contributed by atoms with Crippen LogP contribution >= 0.6 is 0 Å². The molecule has 0 amide bonds. The van der Waals surface area contributed by atoms with Crippen LogP contribution in [0.5, 0.6) is 0 Å². The van der Waals surface area contributed by atoms with Crippen LogP contribution in [-0.2, 0) is 29.5 Å². The van der Waals surface area contributed by atoms with E-state index in [1.165, 1.54) is 0 Å². The molecule has 20 heteroatoms. The average Bonchev–Trinajstić information content (AvgIpc) is 2.84. The molecule has 0 atom stereocenters. The van der Waals surface area contributed by atoms with Crippen molar-refractivity contribution >= 4 is 20.0 Å². The second kappa shape index (κ2) is 12.6. The summed E-state index contributed by atoms with van der Waals surface area (Å²) in [4.78, 5) is -4.18. The second-order valence-electron chi connectivity index (χ2n) is 6.82. The number of ether oxygens (including phenoxy) is 2. The Hall–Kier alpha value is -2.52. The van der Waals surface area contributed by atoms with Gasteiger partial charge in [0.15, 0.2) is 56.3 Å². The summed E-state index contributed by atoms with van der Waals surface area (Å²) in [6.07, 6.45) is 0. The molecule has 0 fully saturated rings. The fraction of sp³-hybridized carbons (Fsp3) is 0.333. The molecule has 0 aliphatic heterocycles. The molecule has 0 saturated carbocycles. The molecule has 0 aliphatic rings. The van der Waals surface area contributed by atoms with Gasteiger partial charge in [-0.25, -0.2) is 70.2 Å². The largest absolute Gasteiger partial charge is 0.378 e. The van der Waals surface area contributed by atoms with E-state index in [0.29, 0.717) is 0 Å². The normalized spacial score (nSPS) is 12.4. The summed E-state index contributed by atoms with van der Waals surface area (Å²) in [6, 6.07) is 0. The standard InChI is InChI=1S/C18H14F10N2O6S2/c19-7-9(21)13(25)17(14(26)10(7)22)37(31,32)29-1-3-35-5-6-36-4-2-30-38(33,34)18-15(27)11(23)8(20)12(24)16(18)28/h29-30H,1-6H2. The number of benzene rings is 2. The first kappa shape index (κ1) is 31.7. The highest BCUT2D eigenvalue weighted by atomic mass is 32.2. The molecule has 0 aromatic heterocycles. The molecule has 214 valence electrons. The molecule has 38 heavy (non-hydrogen) atoms. The number of hydrogen-bond acceptors (Lipinski definition) is 6. The molecular formula is C18H14F10N2O6S2. The molecule has 0 aliphatic carbocycles. The van der Waals surface area contributed by atoms with Gasteiger partial charge in [0.05, 0.1) is 26.4 Å². The maximum Gasteiger partial charge on any atom is 0.246 e. The van der Waals surface area contributed by atoms with Crippen molar-refractivity contribution in [3.8, 4) is 0 Å². The Labute approximate surface area is 207 Å². The third-order valence-electron chi connectivity index (χ3n) is 4.33. The van der Waals surface area contributed by atoms with Crippen LogP contribution in [0.15, 0.2) is 9.79 Å². The highest BCUT2D eigenvalue weighted by molar-refractivity contribution is 7.89. The van der Waals surface area contributed by atoms with E-state index in [-0.39, 0.29) is 13.2 Å². The van der Waals surface area contributed by atoms with E-state index in [2.05, 4.69) is 0 Å². The van der Waals surface area contributed by atoms with Crippen LogP contribution in [0.25, 0.3) is 0 Å². The van der Waals surface area contributed by atoms with Gasteiger partial charge in [-0.3, -0.25) is 0 Å². The van der Waals surface area contributed by atoms with Crippen LogP contribution < -0.4 is 9.44 Å². The van der Waals surface area contributed by atoms with Crippen molar-refractivity contribution in [3.05, 3.63) is 58.2 Å². The molecule has 0 bridgehead atoms. The smallest absolute Gasteiger partial charge is 0.246 e. The summed E-state index contributed by atoms with van der Waals surface area (Å²) in [5.74, 6) is -25.2. The van der Waals surface area contributed by atoms with E-state index in [9.17, 15) is 60.7 Å². The highest BCUT2D eigenvalue weighted by Gasteiger charge is 2.34. The lowest BCUT2D eigenvalue weighted by molar-refractivity contribution is 0.0522. The summed E-state index contributed by atoms with van der Waals surface area (Å²) < 4.78 is 194. The Morgan fingerprint density at radius 3 is 0.921 bits per heavy atom. The van der Waals surface area contributed by atoms with Gasteiger partial charge in [0.1, 0.15) is 0 Å². The van der Waals surface area contributed by atoms with Gasteiger partial charge >= 0.3 is 0 Å². The van der Waals surface area contributed by atoms with Crippen LogP contribution in [0.2, 0.25) is 0 Å². The van der Waals surface area contributed by atoms with Crippen LogP contribution in [0.3, 0.4) is 0 Å². The van der Waals surface area contributed by atoms with Crippen molar-refractivity contribution < 1.29 is 70.2 Å². The Morgan fingerprint density at radius 1 is 0.421 bits per heavy atom. The molecule has 2 rings (SSSR count). The minimum atomic E-state index is -5.18. The average molecular weight is 608 g/mol. The zero-order chi connectivity index (χ0) is 29.0. The van der Waals surface area contributed by atoms with Gasteiger partial charge in [0.2, 0.25) is 31.7 Å². The molecule has 0 heterocycles. The number of halogens is 10. The molecular weight excluding hydrogens is 594 g/mol. The maximum atomic E-state index is 13.6. The first-order valence-electron chi connectivity index (χ1n) is 9.73. The molecule has 2 aromatic carbocycles.